The molecule has 4 aromatic heterocycles. The highest BCUT2D eigenvalue weighted by Gasteiger charge is 2.39. The second kappa shape index (κ2) is 15.7. The van der Waals surface area contributed by atoms with E-state index in [-0.39, 0.29) is 29.6 Å². The van der Waals surface area contributed by atoms with Crippen LogP contribution in [0.1, 0.15) is 85.3 Å². The van der Waals surface area contributed by atoms with E-state index >= 15 is 4.39 Å². The van der Waals surface area contributed by atoms with Crippen molar-refractivity contribution in [2.45, 2.75) is 89.1 Å². The first kappa shape index (κ1) is 38.5. The molecule has 6 atom stereocenters. The van der Waals surface area contributed by atoms with Gasteiger partial charge in [-0.2, -0.15) is 15.5 Å². The van der Waals surface area contributed by atoms with Crippen LogP contribution in [0.25, 0.3) is 21.8 Å². The second-order valence-corrected chi connectivity index (χ2v) is 16.9. The van der Waals surface area contributed by atoms with Gasteiger partial charge in [0.05, 0.1) is 126 Å². The van der Waals surface area contributed by atoms with E-state index < -0.39 is 11.9 Å². The van der Waals surface area contributed by atoms with E-state index in [0.717, 1.165) is 64.6 Å². The number of nitrogens with zero attached hydrogens (tertiary/aromatic N) is 9. The Bertz CT molecular complexity index is 2650. The number of fused-ring (bicyclic) bond motifs is 6. The van der Waals surface area contributed by atoms with E-state index in [4.69, 9.17) is 31.0 Å². The van der Waals surface area contributed by atoms with Crippen LogP contribution in [0.3, 0.4) is 0 Å². The number of aryl methyl sites for hydroxylation is 1. The predicted molar refractivity (Wildman–Crippen MR) is 229 cm³/mol. The van der Waals surface area contributed by atoms with Crippen molar-refractivity contribution in [2.75, 3.05) is 46.9 Å². The smallest absolute Gasteiger partial charge is 0.158 e. The number of nitriles is 1. The monoisotopic (exact) mass is 825 g/mol. The summed E-state index contributed by atoms with van der Waals surface area (Å²) in [4.78, 5) is 14.7. The summed E-state index contributed by atoms with van der Waals surface area (Å²) in [6.07, 6.45) is 8.24. The third kappa shape index (κ3) is 6.88. The molecule has 60 heavy (non-hydrogen) atoms. The van der Waals surface area contributed by atoms with Crippen LogP contribution in [-0.4, -0.2) is 81.0 Å². The maximum absolute atomic E-state index is 16.5. The predicted octanol–water partition coefficient (Wildman–Crippen LogP) is 8.01. The van der Waals surface area contributed by atoms with Gasteiger partial charge in [0.2, 0.25) is 0 Å². The second-order valence-electron chi connectivity index (χ2n) is 16.6. The van der Waals surface area contributed by atoms with Crippen LogP contribution in [0.5, 0.6) is 0 Å². The highest BCUT2D eigenvalue weighted by molar-refractivity contribution is 6.31. The lowest BCUT2D eigenvalue weighted by Crippen LogP contribution is -2.46. The Morgan fingerprint density at radius 1 is 0.783 bits per heavy atom. The third-order valence-electron chi connectivity index (χ3n) is 12.8. The summed E-state index contributed by atoms with van der Waals surface area (Å²) < 4.78 is 28.2. The number of ether oxygens (including phenoxy) is 2. The van der Waals surface area contributed by atoms with Gasteiger partial charge in [-0.1, -0.05) is 35.9 Å². The van der Waals surface area contributed by atoms with Gasteiger partial charge in [-0.05, 0) is 87.4 Å². The van der Waals surface area contributed by atoms with Gasteiger partial charge >= 0.3 is 0 Å². The number of nitrogens with one attached hydrogen (secondary N) is 2. The number of hydrogen-bond donors (Lipinski definition) is 2. The van der Waals surface area contributed by atoms with Gasteiger partial charge in [0.15, 0.2) is 11.6 Å². The molecule has 15 heteroatoms. The van der Waals surface area contributed by atoms with E-state index in [1.807, 2.05) is 57.4 Å². The molecule has 8 heterocycles. The van der Waals surface area contributed by atoms with Crippen LogP contribution in [-0.2, 0) is 15.9 Å². The zero-order valence-corrected chi connectivity index (χ0v) is 34.5. The number of halogens is 2. The minimum absolute atomic E-state index is 0.0163. The Morgan fingerprint density at radius 2 is 1.37 bits per heavy atom. The molecule has 4 fully saturated rings. The SMILES string of the molecule is Cc1nnc(N[C@H](C)c2ccc(Cc3nnc(N[C@H](C)c4cccc(C#N)c4)c4cc(N5C6CCC5COC6)cnc34)c(F)c2Cl)c2cc(N3C4CCC3COC4)cnc12. The lowest BCUT2D eigenvalue weighted by Gasteiger charge is -2.36. The van der Waals surface area contributed by atoms with Gasteiger partial charge in [-0.15, -0.1) is 10.2 Å². The van der Waals surface area contributed by atoms with Crippen LogP contribution in [0, 0.1) is 24.1 Å². The molecular formula is C45H45ClFN11O2. The summed E-state index contributed by atoms with van der Waals surface area (Å²) in [5, 5.41) is 36.4. The molecule has 4 bridgehead atoms. The normalized spacial score (nSPS) is 21.9. The van der Waals surface area contributed by atoms with Gasteiger partial charge in [-0.3, -0.25) is 9.97 Å². The van der Waals surface area contributed by atoms with Gasteiger partial charge in [0, 0.05) is 17.2 Å². The number of rotatable bonds is 10. The summed E-state index contributed by atoms with van der Waals surface area (Å²) in [7, 11) is 0. The van der Waals surface area contributed by atoms with Crippen LogP contribution in [0.15, 0.2) is 60.9 Å². The number of anilines is 4. The van der Waals surface area contributed by atoms with Crippen LogP contribution in [0.4, 0.5) is 27.4 Å². The third-order valence-corrected chi connectivity index (χ3v) is 13.1. The molecule has 0 amide bonds. The fourth-order valence-corrected chi connectivity index (χ4v) is 9.99. The van der Waals surface area contributed by atoms with E-state index in [0.29, 0.717) is 78.0 Å². The fourth-order valence-electron chi connectivity index (χ4n) is 9.64. The van der Waals surface area contributed by atoms with Crippen molar-refractivity contribution in [1.29, 1.82) is 5.26 Å². The Morgan fingerprint density at radius 3 is 2.00 bits per heavy atom. The number of pyridine rings is 2. The minimum atomic E-state index is -0.529. The summed E-state index contributed by atoms with van der Waals surface area (Å²) in [6, 6.07) is 18.2. The molecule has 2 aromatic carbocycles. The van der Waals surface area contributed by atoms with Crippen molar-refractivity contribution >= 4 is 56.4 Å². The standard InChI is InChI=1S/C45H45ClFN11O2/c1-24(28-6-4-5-27(13-28)17-48)51-45-38-16-35(58-32-10-11-33(58)23-60-22-32)19-50-43(38)39(54-56-45)14-29-7-12-36(40(46)41(29)47)25(2)52-44-37-15-34(18-49-42(37)26(3)53-55-44)57-30-8-9-31(57)21-59-20-30/h4-7,12-13,15-16,18-19,24-25,30-33H,8-11,14,20-23H2,1-3H3,(H,51,56)(H,52,55)/t24-,25-,30?,31?,32?,33?/m1/s1. The lowest BCUT2D eigenvalue weighted by atomic mass is 10.0. The van der Waals surface area contributed by atoms with Gasteiger partial charge in [0.25, 0.3) is 0 Å². The summed E-state index contributed by atoms with van der Waals surface area (Å²) in [6.45, 7) is 8.62. The van der Waals surface area contributed by atoms with E-state index in [1.54, 1.807) is 12.1 Å². The number of aromatic nitrogens is 6. The van der Waals surface area contributed by atoms with Crippen molar-refractivity contribution in [3.8, 4) is 6.07 Å². The molecule has 0 saturated carbocycles. The summed E-state index contributed by atoms with van der Waals surface area (Å²) >= 11 is 6.88. The lowest BCUT2D eigenvalue weighted by molar-refractivity contribution is 0.0906. The first-order valence-electron chi connectivity index (χ1n) is 20.7. The molecule has 0 aliphatic carbocycles. The first-order valence-corrected chi connectivity index (χ1v) is 21.1. The van der Waals surface area contributed by atoms with Crippen molar-refractivity contribution in [1.82, 2.24) is 30.4 Å². The maximum atomic E-state index is 16.5. The van der Waals surface area contributed by atoms with Crippen LogP contribution >= 0.6 is 11.6 Å². The van der Waals surface area contributed by atoms with Crippen molar-refractivity contribution in [3.05, 3.63) is 105 Å². The van der Waals surface area contributed by atoms with Crippen LogP contribution < -0.4 is 20.4 Å². The molecule has 4 aliphatic heterocycles. The van der Waals surface area contributed by atoms with Crippen LogP contribution in [0.2, 0.25) is 5.02 Å². The largest absolute Gasteiger partial charge is 0.377 e. The molecule has 4 aliphatic rings. The minimum Gasteiger partial charge on any atom is -0.377 e. The van der Waals surface area contributed by atoms with Crippen molar-refractivity contribution in [3.63, 3.8) is 0 Å². The average molecular weight is 826 g/mol. The van der Waals surface area contributed by atoms with E-state index in [1.165, 1.54) is 0 Å². The first-order chi connectivity index (χ1) is 29.2. The molecule has 13 nitrogen and oxygen atoms in total. The Hall–Kier alpha value is -5.75. The number of benzene rings is 2. The Labute approximate surface area is 352 Å². The maximum Gasteiger partial charge on any atom is 0.158 e. The quantitative estimate of drug-likeness (QED) is 0.137. The molecule has 306 valence electrons. The zero-order valence-electron chi connectivity index (χ0n) is 33.7. The number of morpholine rings is 2. The zero-order chi connectivity index (χ0) is 41.1. The molecular weight excluding hydrogens is 781 g/mol. The van der Waals surface area contributed by atoms with Gasteiger partial charge in [-0.25, -0.2) is 4.39 Å². The van der Waals surface area contributed by atoms with Crippen molar-refractivity contribution in [2.24, 2.45) is 0 Å². The Balaban J connectivity index is 0.945. The Kier molecular flexibility index (Phi) is 10.1. The molecule has 0 spiro atoms. The highest BCUT2D eigenvalue weighted by atomic mass is 35.5. The molecule has 4 unspecified atom stereocenters. The topological polar surface area (TPSA) is 150 Å². The summed E-state index contributed by atoms with van der Waals surface area (Å²) in [5.41, 5.74) is 7.13. The van der Waals surface area contributed by atoms with Gasteiger partial charge in [0.1, 0.15) is 5.82 Å². The highest BCUT2D eigenvalue weighted by Crippen LogP contribution is 2.39. The van der Waals surface area contributed by atoms with Gasteiger partial charge < -0.3 is 29.9 Å². The molecule has 4 saturated heterocycles. The van der Waals surface area contributed by atoms with E-state index in [2.05, 4.69) is 59.0 Å². The molecule has 6 aromatic rings. The molecule has 10 rings (SSSR count). The molecule has 0 radical (unpaired) electrons. The average Bonchev–Trinajstić information content (AvgIpc) is 3.67. The number of hydrogen-bond acceptors (Lipinski definition) is 13. The van der Waals surface area contributed by atoms with Crippen molar-refractivity contribution < 1.29 is 13.9 Å². The molecule has 2 N–H and O–H groups in total. The van der Waals surface area contributed by atoms with E-state index in [9.17, 15) is 5.26 Å². The summed E-state index contributed by atoms with van der Waals surface area (Å²) in [5.74, 6) is 0.578. The fraction of sp³-hybridized carbons (Fsp3) is 0.400.